The van der Waals surface area contributed by atoms with Crippen LogP contribution in [0.25, 0.3) is 0 Å². The van der Waals surface area contributed by atoms with Crippen LogP contribution in [-0.4, -0.2) is 34.5 Å². The summed E-state index contributed by atoms with van der Waals surface area (Å²) < 4.78 is 6.05. The number of aliphatic hydroxyl groups excluding tert-OH is 1. The Bertz CT molecular complexity index is 299. The van der Waals surface area contributed by atoms with Crippen LogP contribution in [0.3, 0.4) is 0 Å². The van der Waals surface area contributed by atoms with E-state index in [9.17, 15) is 5.11 Å². The van der Waals surface area contributed by atoms with Gasteiger partial charge in [0.15, 0.2) is 0 Å². The zero-order valence-corrected chi connectivity index (χ0v) is 14.7. The largest absolute Gasteiger partial charge is 0.391 e. The standard InChI is InChI=1S/C16H36N2O2/c1-13(2,11-12(19)15(5,6)18)16(7,8)20-10-9-14(3,4)17/h12,19H,9-11,17-18H2,1-8H3. The van der Waals surface area contributed by atoms with Crippen molar-refractivity contribution in [2.75, 3.05) is 6.61 Å². The lowest BCUT2D eigenvalue weighted by Gasteiger charge is -2.44. The summed E-state index contributed by atoms with van der Waals surface area (Å²) in [5.41, 5.74) is 10.6. The summed E-state index contributed by atoms with van der Waals surface area (Å²) in [6.45, 7) is 16.6. The minimum Gasteiger partial charge on any atom is -0.391 e. The lowest BCUT2D eigenvalue weighted by atomic mass is 9.71. The van der Waals surface area contributed by atoms with Gasteiger partial charge in [-0.05, 0) is 59.8 Å². The van der Waals surface area contributed by atoms with Crippen molar-refractivity contribution in [2.45, 2.75) is 91.0 Å². The summed E-state index contributed by atoms with van der Waals surface area (Å²) in [5, 5.41) is 10.2. The molecule has 1 unspecified atom stereocenters. The molecular weight excluding hydrogens is 252 g/mol. The average molecular weight is 288 g/mol. The number of nitrogens with two attached hydrogens (primary N) is 2. The second-order valence-electron chi connectivity index (χ2n) is 8.52. The highest BCUT2D eigenvalue weighted by Gasteiger charge is 2.41. The molecule has 4 nitrogen and oxygen atoms in total. The lowest BCUT2D eigenvalue weighted by molar-refractivity contribution is -0.119. The van der Waals surface area contributed by atoms with Gasteiger partial charge in [-0.15, -0.1) is 0 Å². The van der Waals surface area contributed by atoms with E-state index in [0.29, 0.717) is 13.0 Å². The van der Waals surface area contributed by atoms with Gasteiger partial charge in [-0.25, -0.2) is 0 Å². The second-order valence-corrected chi connectivity index (χ2v) is 8.52. The third-order valence-corrected chi connectivity index (χ3v) is 4.40. The van der Waals surface area contributed by atoms with Gasteiger partial charge in [0.25, 0.3) is 0 Å². The van der Waals surface area contributed by atoms with Crippen molar-refractivity contribution in [3.05, 3.63) is 0 Å². The van der Waals surface area contributed by atoms with E-state index in [1.807, 2.05) is 27.7 Å². The van der Waals surface area contributed by atoms with Crippen LogP contribution >= 0.6 is 0 Å². The van der Waals surface area contributed by atoms with Crippen molar-refractivity contribution in [1.29, 1.82) is 0 Å². The Labute approximate surface area is 125 Å². The molecule has 0 heterocycles. The molecule has 20 heavy (non-hydrogen) atoms. The first-order valence-electron chi connectivity index (χ1n) is 7.48. The van der Waals surface area contributed by atoms with Crippen LogP contribution in [-0.2, 0) is 4.74 Å². The van der Waals surface area contributed by atoms with Crippen molar-refractivity contribution >= 4 is 0 Å². The molecule has 0 amide bonds. The lowest BCUT2D eigenvalue weighted by Crippen LogP contribution is -2.51. The summed E-state index contributed by atoms with van der Waals surface area (Å²) in [4.78, 5) is 0. The molecule has 0 aliphatic heterocycles. The number of hydrogen-bond acceptors (Lipinski definition) is 4. The first-order chi connectivity index (χ1) is 8.58. The smallest absolute Gasteiger partial charge is 0.0720 e. The maximum Gasteiger partial charge on any atom is 0.0720 e. The topological polar surface area (TPSA) is 81.5 Å². The van der Waals surface area contributed by atoms with E-state index in [2.05, 4.69) is 27.7 Å². The van der Waals surface area contributed by atoms with Crippen LogP contribution in [0.5, 0.6) is 0 Å². The summed E-state index contributed by atoms with van der Waals surface area (Å²) >= 11 is 0. The SMILES string of the molecule is CC(C)(N)CCOC(C)(C)C(C)(C)CC(O)C(C)(C)N. The molecule has 5 N–H and O–H groups in total. The van der Waals surface area contributed by atoms with Gasteiger partial charge in [-0.3, -0.25) is 0 Å². The van der Waals surface area contributed by atoms with Crippen LogP contribution in [0.15, 0.2) is 0 Å². The van der Waals surface area contributed by atoms with E-state index in [1.165, 1.54) is 0 Å². The molecule has 0 aromatic heterocycles. The number of ether oxygens (including phenoxy) is 1. The molecule has 0 saturated heterocycles. The van der Waals surface area contributed by atoms with E-state index < -0.39 is 11.6 Å². The van der Waals surface area contributed by atoms with Crippen LogP contribution < -0.4 is 11.5 Å². The third kappa shape index (κ3) is 6.53. The Morgan fingerprint density at radius 2 is 1.40 bits per heavy atom. The van der Waals surface area contributed by atoms with Crippen molar-refractivity contribution in [3.63, 3.8) is 0 Å². The maximum atomic E-state index is 10.2. The normalized spacial score (nSPS) is 16.4. The minimum absolute atomic E-state index is 0.193. The van der Waals surface area contributed by atoms with E-state index >= 15 is 0 Å². The zero-order chi connectivity index (χ0) is 16.4. The Kier molecular flexibility index (Phi) is 6.25. The molecule has 4 heteroatoms. The Hall–Kier alpha value is -0.160. The van der Waals surface area contributed by atoms with Crippen LogP contribution in [0.4, 0.5) is 0 Å². The molecule has 122 valence electrons. The summed E-state index contributed by atoms with van der Waals surface area (Å²) in [5.74, 6) is 0. The Morgan fingerprint density at radius 3 is 1.75 bits per heavy atom. The van der Waals surface area contributed by atoms with Crippen molar-refractivity contribution in [2.24, 2.45) is 16.9 Å². The van der Waals surface area contributed by atoms with Crippen LogP contribution in [0, 0.1) is 5.41 Å². The first kappa shape index (κ1) is 19.8. The van der Waals surface area contributed by atoms with Gasteiger partial charge in [-0.1, -0.05) is 13.8 Å². The molecule has 0 rings (SSSR count). The molecule has 0 radical (unpaired) electrons. The zero-order valence-electron chi connectivity index (χ0n) is 14.7. The summed E-state index contributed by atoms with van der Waals surface area (Å²) in [6, 6.07) is 0. The molecule has 0 fully saturated rings. The molecule has 0 aromatic carbocycles. The van der Waals surface area contributed by atoms with Gasteiger partial charge in [0.1, 0.15) is 0 Å². The number of aliphatic hydroxyl groups is 1. The fraction of sp³-hybridized carbons (Fsp3) is 1.00. The van der Waals surface area contributed by atoms with Crippen molar-refractivity contribution < 1.29 is 9.84 Å². The highest BCUT2D eigenvalue weighted by Crippen LogP contribution is 2.39. The maximum absolute atomic E-state index is 10.2. The highest BCUT2D eigenvalue weighted by atomic mass is 16.5. The summed E-state index contributed by atoms with van der Waals surface area (Å²) in [7, 11) is 0. The third-order valence-electron chi connectivity index (χ3n) is 4.40. The minimum atomic E-state index is -0.605. The predicted molar refractivity (Wildman–Crippen MR) is 85.6 cm³/mol. The van der Waals surface area contributed by atoms with Gasteiger partial charge < -0.3 is 21.3 Å². The van der Waals surface area contributed by atoms with Gasteiger partial charge >= 0.3 is 0 Å². The number of hydrogen-bond donors (Lipinski definition) is 3. The van der Waals surface area contributed by atoms with Crippen molar-refractivity contribution in [3.8, 4) is 0 Å². The van der Waals surface area contributed by atoms with Crippen LogP contribution in [0.1, 0.15) is 68.2 Å². The fourth-order valence-electron chi connectivity index (χ4n) is 1.76. The molecule has 0 saturated carbocycles. The molecule has 1 atom stereocenters. The van der Waals surface area contributed by atoms with Gasteiger partial charge in [-0.2, -0.15) is 0 Å². The average Bonchev–Trinajstić information content (AvgIpc) is 2.12. The van der Waals surface area contributed by atoms with Gasteiger partial charge in [0.05, 0.1) is 11.7 Å². The summed E-state index contributed by atoms with van der Waals surface area (Å²) in [6.07, 6.45) is 0.832. The first-order valence-corrected chi connectivity index (χ1v) is 7.48. The molecule has 0 spiro atoms. The molecule has 0 aliphatic carbocycles. The predicted octanol–water partition coefficient (Wildman–Crippen LogP) is 2.42. The molecule has 0 aliphatic rings. The quantitative estimate of drug-likeness (QED) is 0.640. The van der Waals surface area contributed by atoms with Crippen molar-refractivity contribution in [1.82, 2.24) is 0 Å². The van der Waals surface area contributed by atoms with E-state index in [1.54, 1.807) is 0 Å². The van der Waals surface area contributed by atoms with E-state index in [-0.39, 0.29) is 16.6 Å². The number of rotatable bonds is 8. The van der Waals surface area contributed by atoms with E-state index in [0.717, 1.165) is 6.42 Å². The Balaban J connectivity index is 4.64. The fourth-order valence-corrected chi connectivity index (χ4v) is 1.76. The second kappa shape index (κ2) is 6.30. The Morgan fingerprint density at radius 1 is 0.950 bits per heavy atom. The molecule has 0 bridgehead atoms. The molecule has 0 aromatic rings. The van der Waals surface area contributed by atoms with Gasteiger partial charge in [0.2, 0.25) is 0 Å². The van der Waals surface area contributed by atoms with E-state index in [4.69, 9.17) is 16.2 Å². The van der Waals surface area contributed by atoms with Gasteiger partial charge in [0, 0.05) is 17.7 Å². The van der Waals surface area contributed by atoms with Crippen LogP contribution in [0.2, 0.25) is 0 Å². The highest BCUT2D eigenvalue weighted by molar-refractivity contribution is 4.94. The monoisotopic (exact) mass is 288 g/mol. The molecular formula is C16H36N2O2.